The molecule has 0 amide bonds. The highest BCUT2D eigenvalue weighted by Crippen LogP contribution is 2.51. The number of rotatable bonds is 5. The Balaban J connectivity index is 0.000000636. The summed E-state index contributed by atoms with van der Waals surface area (Å²) in [5.74, 6) is 1.44. The van der Waals surface area contributed by atoms with Crippen molar-refractivity contribution >= 4 is 0 Å². The molecule has 27 heavy (non-hydrogen) atoms. The van der Waals surface area contributed by atoms with Gasteiger partial charge >= 0.3 is 0 Å². The number of hydrogen-bond donors (Lipinski definition) is 0. The average molecular weight is 367 g/mol. The van der Waals surface area contributed by atoms with Gasteiger partial charge in [0.1, 0.15) is 5.76 Å². The zero-order chi connectivity index (χ0) is 21.4. The van der Waals surface area contributed by atoms with E-state index in [9.17, 15) is 0 Å². The fourth-order valence-corrected chi connectivity index (χ4v) is 3.15. The molecular formula is C26H38O. The fourth-order valence-electron chi connectivity index (χ4n) is 3.15. The van der Waals surface area contributed by atoms with E-state index in [-0.39, 0.29) is 5.41 Å². The van der Waals surface area contributed by atoms with Crippen molar-refractivity contribution in [3.8, 4) is 0 Å². The van der Waals surface area contributed by atoms with Crippen LogP contribution in [-0.4, -0.2) is 0 Å². The molecule has 0 saturated heterocycles. The second-order valence-electron chi connectivity index (χ2n) is 7.21. The molecule has 0 atom stereocenters. The summed E-state index contributed by atoms with van der Waals surface area (Å²) in [5, 5.41) is 0. The summed E-state index contributed by atoms with van der Waals surface area (Å²) in [7, 11) is 0. The third-order valence-corrected chi connectivity index (χ3v) is 5.36. The van der Waals surface area contributed by atoms with Gasteiger partial charge in [-0.05, 0) is 88.5 Å². The lowest BCUT2D eigenvalue weighted by molar-refractivity contribution is 0.323. The smallest absolute Gasteiger partial charge is 0.119 e. The molecule has 0 saturated carbocycles. The Labute approximate surface area is 167 Å². The highest BCUT2D eigenvalue weighted by atomic mass is 16.5. The topological polar surface area (TPSA) is 9.23 Å². The van der Waals surface area contributed by atoms with Gasteiger partial charge < -0.3 is 4.74 Å². The SMILES string of the molecule is C=CC(=C)O/C(C)=C/C.C=CC(=C1/C(C)=C(C)C(C)(C)/C1=C/C)/C(C)=C/C. The molecule has 0 aromatic carbocycles. The molecule has 0 aromatic heterocycles. The zero-order valence-corrected chi connectivity index (χ0v) is 18.9. The Morgan fingerprint density at radius 2 is 1.52 bits per heavy atom. The Morgan fingerprint density at radius 1 is 0.963 bits per heavy atom. The Bertz CT molecular complexity index is 743. The Kier molecular flexibility index (Phi) is 9.86. The quantitative estimate of drug-likeness (QED) is 0.350. The van der Waals surface area contributed by atoms with Gasteiger partial charge in [-0.2, -0.15) is 0 Å². The van der Waals surface area contributed by atoms with Crippen LogP contribution in [0.4, 0.5) is 0 Å². The zero-order valence-electron chi connectivity index (χ0n) is 18.9. The monoisotopic (exact) mass is 366 g/mol. The summed E-state index contributed by atoms with van der Waals surface area (Å²) in [4.78, 5) is 0. The van der Waals surface area contributed by atoms with E-state index in [1.165, 1.54) is 33.4 Å². The van der Waals surface area contributed by atoms with Crippen molar-refractivity contribution in [1.82, 2.24) is 0 Å². The minimum atomic E-state index is 0.135. The van der Waals surface area contributed by atoms with E-state index < -0.39 is 0 Å². The lowest BCUT2D eigenvalue weighted by atomic mass is 9.80. The van der Waals surface area contributed by atoms with Crippen LogP contribution in [0, 0.1) is 5.41 Å². The molecule has 0 aliphatic heterocycles. The van der Waals surface area contributed by atoms with Crippen LogP contribution in [0.3, 0.4) is 0 Å². The van der Waals surface area contributed by atoms with E-state index in [2.05, 4.69) is 80.4 Å². The van der Waals surface area contributed by atoms with Gasteiger partial charge in [0.25, 0.3) is 0 Å². The van der Waals surface area contributed by atoms with Crippen LogP contribution in [-0.2, 0) is 4.74 Å². The third-order valence-electron chi connectivity index (χ3n) is 5.36. The molecule has 0 bridgehead atoms. The summed E-state index contributed by atoms with van der Waals surface area (Å²) in [6.07, 6.45) is 9.85. The molecule has 1 aliphatic carbocycles. The van der Waals surface area contributed by atoms with Crippen molar-refractivity contribution < 1.29 is 4.74 Å². The van der Waals surface area contributed by atoms with Crippen LogP contribution in [0.25, 0.3) is 0 Å². The predicted octanol–water partition coefficient (Wildman–Crippen LogP) is 8.38. The van der Waals surface area contributed by atoms with E-state index in [0.29, 0.717) is 5.76 Å². The minimum absolute atomic E-state index is 0.135. The summed E-state index contributed by atoms with van der Waals surface area (Å²) < 4.78 is 5.10. The molecule has 1 nitrogen and oxygen atoms in total. The van der Waals surface area contributed by atoms with Gasteiger partial charge in [0.15, 0.2) is 0 Å². The maximum Gasteiger partial charge on any atom is 0.119 e. The van der Waals surface area contributed by atoms with Crippen molar-refractivity contribution in [3.63, 3.8) is 0 Å². The maximum absolute atomic E-state index is 5.10. The van der Waals surface area contributed by atoms with E-state index >= 15 is 0 Å². The molecule has 0 aromatic rings. The van der Waals surface area contributed by atoms with E-state index in [1.807, 2.05) is 26.0 Å². The summed E-state index contributed by atoms with van der Waals surface area (Å²) in [6, 6.07) is 0. The Morgan fingerprint density at radius 3 is 1.89 bits per heavy atom. The first-order valence-corrected chi connectivity index (χ1v) is 9.50. The van der Waals surface area contributed by atoms with Crippen molar-refractivity contribution in [2.45, 2.75) is 62.3 Å². The molecule has 0 N–H and O–H groups in total. The molecule has 0 unspecified atom stereocenters. The maximum atomic E-state index is 5.10. The van der Waals surface area contributed by atoms with Crippen molar-refractivity contribution in [2.75, 3.05) is 0 Å². The number of allylic oxidation sites excluding steroid dienone is 12. The second kappa shape index (κ2) is 10.8. The summed E-state index contributed by atoms with van der Waals surface area (Å²) >= 11 is 0. The molecular weight excluding hydrogens is 328 g/mol. The van der Waals surface area contributed by atoms with E-state index in [1.54, 1.807) is 6.08 Å². The molecule has 0 fully saturated rings. The standard InChI is InChI=1S/C18H26.C8H12O/c1-9-12(4)15(10-2)17-13(5)14(6)18(7,8)16(17)11-3;1-5-7(3)9-8(4)6-2/h9-11H,2H2,1,3-8H3;5-6H,1,3H2,2,4H3/b12-9+,16-11+,17-15+;8-6+. The molecule has 1 aliphatic rings. The largest absolute Gasteiger partial charge is 0.463 e. The summed E-state index contributed by atoms with van der Waals surface area (Å²) in [6.45, 7) is 30.3. The highest BCUT2D eigenvalue weighted by molar-refractivity contribution is 5.66. The van der Waals surface area contributed by atoms with Gasteiger partial charge in [0.2, 0.25) is 0 Å². The predicted molar refractivity (Wildman–Crippen MR) is 122 cm³/mol. The third kappa shape index (κ3) is 5.85. The molecule has 0 radical (unpaired) electrons. The van der Waals surface area contributed by atoms with Crippen LogP contribution in [0.5, 0.6) is 0 Å². The first-order valence-electron chi connectivity index (χ1n) is 9.50. The lowest BCUT2D eigenvalue weighted by Crippen LogP contribution is -2.12. The van der Waals surface area contributed by atoms with Crippen molar-refractivity contribution in [1.29, 1.82) is 0 Å². The minimum Gasteiger partial charge on any atom is -0.463 e. The van der Waals surface area contributed by atoms with Crippen LogP contribution in [0.15, 0.2) is 95.1 Å². The molecule has 0 spiro atoms. The molecule has 0 heterocycles. The van der Waals surface area contributed by atoms with Crippen molar-refractivity contribution in [3.05, 3.63) is 95.1 Å². The second-order valence-corrected chi connectivity index (χ2v) is 7.21. The van der Waals surface area contributed by atoms with Crippen LogP contribution in [0.1, 0.15) is 62.3 Å². The summed E-state index contributed by atoms with van der Waals surface area (Å²) in [5.41, 5.74) is 8.38. The normalized spacial score (nSPS) is 20.1. The first kappa shape index (κ1) is 24.7. The molecule has 1 rings (SSSR count). The van der Waals surface area contributed by atoms with E-state index in [0.717, 1.165) is 5.76 Å². The van der Waals surface area contributed by atoms with Gasteiger partial charge in [0, 0.05) is 5.41 Å². The highest BCUT2D eigenvalue weighted by Gasteiger charge is 2.36. The van der Waals surface area contributed by atoms with Gasteiger partial charge in [-0.1, -0.05) is 57.4 Å². The van der Waals surface area contributed by atoms with Gasteiger partial charge in [-0.15, -0.1) is 0 Å². The lowest BCUT2D eigenvalue weighted by Gasteiger charge is -2.24. The van der Waals surface area contributed by atoms with Crippen molar-refractivity contribution in [2.24, 2.45) is 5.41 Å². The van der Waals surface area contributed by atoms with Crippen LogP contribution < -0.4 is 0 Å². The average Bonchev–Trinajstić information content (AvgIpc) is 2.82. The fraction of sp³-hybridized carbons (Fsp3) is 0.385. The number of hydrogen-bond acceptors (Lipinski definition) is 1. The first-order chi connectivity index (χ1) is 12.5. The molecule has 1 heteroatoms. The number of ether oxygens (including phenoxy) is 1. The van der Waals surface area contributed by atoms with E-state index in [4.69, 9.17) is 4.74 Å². The van der Waals surface area contributed by atoms with Gasteiger partial charge in [-0.25, -0.2) is 0 Å². The van der Waals surface area contributed by atoms with Gasteiger partial charge in [-0.3, -0.25) is 0 Å². The Hall–Kier alpha value is -2.28. The van der Waals surface area contributed by atoms with Gasteiger partial charge in [0.05, 0.1) is 5.76 Å². The van der Waals surface area contributed by atoms with Crippen LogP contribution in [0.2, 0.25) is 0 Å². The van der Waals surface area contributed by atoms with Crippen LogP contribution >= 0.6 is 0 Å². The molecule has 148 valence electrons.